The van der Waals surface area contributed by atoms with Gasteiger partial charge in [-0.2, -0.15) is 4.98 Å². The Labute approximate surface area is 121 Å². The van der Waals surface area contributed by atoms with Crippen LogP contribution in [-0.4, -0.2) is 16.2 Å². The average Bonchev–Trinajstić information content (AvgIpc) is 2.83. The third-order valence-electron chi connectivity index (χ3n) is 2.37. The highest BCUT2D eigenvalue weighted by Crippen LogP contribution is 2.28. The van der Waals surface area contributed by atoms with Crippen molar-refractivity contribution in [3.05, 3.63) is 41.0 Å². The van der Waals surface area contributed by atoms with Gasteiger partial charge in [-0.1, -0.05) is 42.7 Å². The van der Waals surface area contributed by atoms with E-state index in [2.05, 4.69) is 29.3 Å². The number of thioether (sulfide) groups is 1. The molecule has 0 aliphatic rings. The lowest BCUT2D eigenvalue weighted by molar-refractivity contribution is 0.358. The third-order valence-corrected chi connectivity index (χ3v) is 3.88. The molecule has 0 atom stereocenters. The second-order valence-corrected chi connectivity index (χ2v) is 5.78. The Bertz CT molecular complexity index is 530. The third kappa shape index (κ3) is 4.53. The summed E-state index contributed by atoms with van der Waals surface area (Å²) in [7, 11) is 0. The molecular weight excluding hydrogens is 282 g/mol. The zero-order valence-corrected chi connectivity index (χ0v) is 12.5. The van der Waals surface area contributed by atoms with Crippen LogP contribution in [0.3, 0.4) is 0 Å². The highest BCUT2D eigenvalue weighted by molar-refractivity contribution is 7.98. The highest BCUT2D eigenvalue weighted by Gasteiger charge is 2.08. The van der Waals surface area contributed by atoms with E-state index in [1.165, 1.54) is 0 Å². The van der Waals surface area contributed by atoms with Gasteiger partial charge in [-0.15, -0.1) is 11.8 Å². The summed E-state index contributed by atoms with van der Waals surface area (Å²) in [6.45, 7) is 4.75. The van der Waals surface area contributed by atoms with Crippen molar-refractivity contribution >= 4 is 23.4 Å². The quantitative estimate of drug-likeness (QED) is 0.827. The minimum atomic E-state index is 0.396. The number of hydrogen-bond acceptors (Lipinski definition) is 5. The van der Waals surface area contributed by atoms with Crippen molar-refractivity contribution in [2.24, 2.45) is 0 Å². The van der Waals surface area contributed by atoms with Gasteiger partial charge in [0.1, 0.15) is 0 Å². The van der Waals surface area contributed by atoms with E-state index < -0.39 is 0 Å². The zero-order chi connectivity index (χ0) is 13.7. The van der Waals surface area contributed by atoms with Crippen molar-refractivity contribution < 1.29 is 4.52 Å². The topological polar surface area (TPSA) is 51.0 Å². The molecule has 0 saturated carbocycles. The molecule has 2 aromatic rings. The van der Waals surface area contributed by atoms with Crippen LogP contribution in [0.1, 0.15) is 25.6 Å². The SMILES string of the molecule is CC(C)NCc1nc(CSc2ccccc2Cl)no1. The molecule has 2 rings (SSSR count). The van der Waals surface area contributed by atoms with Gasteiger partial charge < -0.3 is 9.84 Å². The normalized spacial score (nSPS) is 11.2. The van der Waals surface area contributed by atoms with E-state index in [4.69, 9.17) is 16.1 Å². The molecule has 102 valence electrons. The molecule has 0 fully saturated rings. The first-order valence-corrected chi connectivity index (χ1v) is 7.43. The van der Waals surface area contributed by atoms with E-state index >= 15 is 0 Å². The van der Waals surface area contributed by atoms with Crippen LogP contribution in [0, 0.1) is 0 Å². The van der Waals surface area contributed by atoms with E-state index in [0.29, 0.717) is 30.1 Å². The summed E-state index contributed by atoms with van der Waals surface area (Å²) < 4.78 is 5.16. The molecule has 0 spiro atoms. The van der Waals surface area contributed by atoms with Gasteiger partial charge in [0, 0.05) is 10.9 Å². The summed E-state index contributed by atoms with van der Waals surface area (Å²) in [5.41, 5.74) is 0. The van der Waals surface area contributed by atoms with Crippen molar-refractivity contribution in [1.29, 1.82) is 0 Å². The van der Waals surface area contributed by atoms with E-state index in [9.17, 15) is 0 Å². The molecule has 19 heavy (non-hydrogen) atoms. The Kier molecular flexibility index (Phi) is 5.24. The maximum absolute atomic E-state index is 6.09. The Hall–Kier alpha value is -1.04. The number of aromatic nitrogens is 2. The summed E-state index contributed by atoms with van der Waals surface area (Å²) in [6.07, 6.45) is 0. The monoisotopic (exact) mass is 297 g/mol. The maximum atomic E-state index is 6.09. The molecule has 1 N–H and O–H groups in total. The Morgan fingerprint density at radius 3 is 2.89 bits per heavy atom. The van der Waals surface area contributed by atoms with Crippen molar-refractivity contribution in [1.82, 2.24) is 15.5 Å². The van der Waals surface area contributed by atoms with Crippen LogP contribution in [0.25, 0.3) is 0 Å². The van der Waals surface area contributed by atoms with Gasteiger partial charge >= 0.3 is 0 Å². The number of rotatable bonds is 6. The molecule has 1 heterocycles. The van der Waals surface area contributed by atoms with Gasteiger partial charge in [0.2, 0.25) is 5.89 Å². The van der Waals surface area contributed by atoms with Gasteiger partial charge in [-0.25, -0.2) is 0 Å². The summed E-state index contributed by atoms with van der Waals surface area (Å²) >= 11 is 7.69. The predicted octanol–water partition coefficient (Wildman–Crippen LogP) is 3.51. The molecule has 0 radical (unpaired) electrons. The van der Waals surface area contributed by atoms with E-state index in [-0.39, 0.29) is 0 Å². The lowest BCUT2D eigenvalue weighted by Crippen LogP contribution is -2.21. The van der Waals surface area contributed by atoms with E-state index in [0.717, 1.165) is 9.92 Å². The molecule has 1 aromatic heterocycles. The minimum absolute atomic E-state index is 0.396. The number of nitrogens with one attached hydrogen (secondary N) is 1. The minimum Gasteiger partial charge on any atom is -0.338 e. The fourth-order valence-corrected chi connectivity index (χ4v) is 2.50. The van der Waals surface area contributed by atoms with Gasteiger partial charge in [-0.3, -0.25) is 0 Å². The van der Waals surface area contributed by atoms with E-state index in [1.807, 2.05) is 24.3 Å². The first kappa shape index (κ1) is 14.4. The summed E-state index contributed by atoms with van der Waals surface area (Å²) in [5.74, 6) is 1.95. The molecule has 0 aliphatic heterocycles. The molecule has 4 nitrogen and oxygen atoms in total. The van der Waals surface area contributed by atoms with Gasteiger partial charge in [0.05, 0.1) is 17.3 Å². The van der Waals surface area contributed by atoms with Gasteiger partial charge in [-0.05, 0) is 12.1 Å². The number of nitrogens with zero attached hydrogens (tertiary/aromatic N) is 2. The highest BCUT2D eigenvalue weighted by atomic mass is 35.5. The Morgan fingerprint density at radius 2 is 2.16 bits per heavy atom. The van der Waals surface area contributed by atoms with Gasteiger partial charge in [0.25, 0.3) is 0 Å². The Balaban J connectivity index is 1.88. The van der Waals surface area contributed by atoms with Gasteiger partial charge in [0.15, 0.2) is 5.82 Å². The fraction of sp³-hybridized carbons (Fsp3) is 0.385. The first-order valence-electron chi connectivity index (χ1n) is 6.07. The van der Waals surface area contributed by atoms with Crippen LogP contribution >= 0.6 is 23.4 Å². The lowest BCUT2D eigenvalue weighted by Gasteiger charge is -2.03. The summed E-state index contributed by atoms with van der Waals surface area (Å²) in [4.78, 5) is 5.35. The van der Waals surface area contributed by atoms with Crippen LogP contribution < -0.4 is 5.32 Å². The molecular formula is C13H16ClN3OS. The second-order valence-electron chi connectivity index (χ2n) is 4.36. The largest absolute Gasteiger partial charge is 0.338 e. The second kappa shape index (κ2) is 6.93. The standard InChI is InChI=1S/C13H16ClN3OS/c1-9(2)15-7-13-16-12(17-18-13)8-19-11-6-4-3-5-10(11)14/h3-6,9,15H,7-8H2,1-2H3. The number of halogens is 1. The molecule has 0 amide bonds. The maximum Gasteiger partial charge on any atom is 0.240 e. The van der Waals surface area contributed by atoms with Crippen molar-refractivity contribution in [2.45, 2.75) is 37.1 Å². The average molecular weight is 298 g/mol. The number of hydrogen-bond donors (Lipinski definition) is 1. The predicted molar refractivity (Wildman–Crippen MR) is 77.3 cm³/mol. The summed E-state index contributed by atoms with van der Waals surface area (Å²) in [6, 6.07) is 8.12. The fourth-order valence-electron chi connectivity index (χ4n) is 1.42. The molecule has 0 unspecified atom stereocenters. The lowest BCUT2D eigenvalue weighted by atomic mass is 10.4. The van der Waals surface area contributed by atoms with Crippen molar-refractivity contribution in [2.75, 3.05) is 0 Å². The molecule has 0 saturated heterocycles. The Morgan fingerprint density at radius 1 is 1.37 bits per heavy atom. The molecule has 1 aromatic carbocycles. The molecule has 0 aliphatic carbocycles. The van der Waals surface area contributed by atoms with Crippen LogP contribution in [0.5, 0.6) is 0 Å². The van der Waals surface area contributed by atoms with Crippen LogP contribution in [0.4, 0.5) is 0 Å². The summed E-state index contributed by atoms with van der Waals surface area (Å²) in [5, 5.41) is 7.93. The van der Waals surface area contributed by atoms with Crippen LogP contribution in [0.15, 0.2) is 33.7 Å². The van der Waals surface area contributed by atoms with Crippen LogP contribution in [-0.2, 0) is 12.3 Å². The zero-order valence-electron chi connectivity index (χ0n) is 10.9. The van der Waals surface area contributed by atoms with E-state index in [1.54, 1.807) is 11.8 Å². The van der Waals surface area contributed by atoms with Crippen LogP contribution in [0.2, 0.25) is 5.02 Å². The number of benzene rings is 1. The smallest absolute Gasteiger partial charge is 0.240 e. The van der Waals surface area contributed by atoms with Crippen molar-refractivity contribution in [3.63, 3.8) is 0 Å². The molecule has 0 bridgehead atoms. The first-order chi connectivity index (χ1) is 9.15. The van der Waals surface area contributed by atoms with Crippen molar-refractivity contribution in [3.8, 4) is 0 Å². The molecule has 6 heteroatoms.